The summed E-state index contributed by atoms with van der Waals surface area (Å²) in [5.41, 5.74) is 0.609. The lowest BCUT2D eigenvalue weighted by atomic mass is 9.45. The van der Waals surface area contributed by atoms with Gasteiger partial charge in [0.05, 0.1) is 36.9 Å². The molecule has 35 heavy (non-hydrogen) atoms. The van der Waals surface area contributed by atoms with Crippen molar-refractivity contribution in [3.05, 3.63) is 11.1 Å². The Labute approximate surface area is 211 Å². The van der Waals surface area contributed by atoms with Crippen LogP contribution in [0.15, 0.2) is 11.1 Å². The van der Waals surface area contributed by atoms with Gasteiger partial charge < -0.3 is 29.3 Å². The number of fused-ring (bicyclic) bond motifs is 5. The Kier molecular flexibility index (Phi) is 7.62. The van der Waals surface area contributed by atoms with Gasteiger partial charge in [-0.15, -0.1) is 0 Å². The number of rotatable bonds is 8. The third kappa shape index (κ3) is 3.88. The van der Waals surface area contributed by atoms with Crippen molar-refractivity contribution in [2.45, 2.75) is 84.2 Å². The molecule has 2 unspecified atom stereocenters. The highest BCUT2D eigenvalue weighted by molar-refractivity contribution is 5.91. The van der Waals surface area contributed by atoms with Crippen molar-refractivity contribution in [3.63, 3.8) is 0 Å². The molecule has 2 bridgehead atoms. The molecule has 7 heteroatoms. The van der Waals surface area contributed by atoms with E-state index in [1.165, 1.54) is 11.1 Å². The average Bonchev–Trinajstić information content (AvgIpc) is 2.80. The van der Waals surface area contributed by atoms with E-state index in [2.05, 4.69) is 32.6 Å². The summed E-state index contributed by atoms with van der Waals surface area (Å²) < 4.78 is 18.2. The predicted octanol–water partition coefficient (Wildman–Crippen LogP) is 2.83. The van der Waals surface area contributed by atoms with Gasteiger partial charge in [0, 0.05) is 39.0 Å². The lowest BCUT2D eigenvalue weighted by Gasteiger charge is -2.66. The fourth-order valence-corrected chi connectivity index (χ4v) is 8.54. The second kappa shape index (κ2) is 9.80. The molecule has 3 fully saturated rings. The van der Waals surface area contributed by atoms with Gasteiger partial charge >= 0.3 is 0 Å². The van der Waals surface area contributed by atoms with Gasteiger partial charge in [-0.25, -0.2) is 0 Å². The van der Waals surface area contributed by atoms with Crippen LogP contribution in [-0.2, 0) is 19.0 Å². The molecule has 0 aromatic rings. The van der Waals surface area contributed by atoms with Crippen LogP contribution in [-0.4, -0.2) is 91.9 Å². The molecule has 4 rings (SSSR count). The fourth-order valence-electron chi connectivity index (χ4n) is 8.54. The number of likely N-dealkylation sites (N-methyl/N-ethyl adjacent to an activating group) is 1. The van der Waals surface area contributed by atoms with Crippen LogP contribution in [0.3, 0.4) is 0 Å². The second-order valence-corrected chi connectivity index (χ2v) is 12.1. The molecule has 0 amide bonds. The smallest absolute Gasteiger partial charge is 0.149 e. The van der Waals surface area contributed by atoms with Gasteiger partial charge in [0.15, 0.2) is 0 Å². The largest absolute Gasteiger partial charge is 0.395 e. The SMILES string of the molecule is CCN(CCO)CC[C@H]1C(=O)[C@@]2(C)C(C(O)[C@@H]3CCC(C)=C1C3(C)C)[C@]1(OC)CO[C@@H]1C[C@@H]2OC. The van der Waals surface area contributed by atoms with Gasteiger partial charge in [-0.2, -0.15) is 0 Å². The summed E-state index contributed by atoms with van der Waals surface area (Å²) in [4.78, 5) is 17.1. The summed E-state index contributed by atoms with van der Waals surface area (Å²) in [6.07, 6.45) is 1.84. The summed E-state index contributed by atoms with van der Waals surface area (Å²) in [6, 6.07) is 0. The van der Waals surface area contributed by atoms with Crippen LogP contribution in [0.4, 0.5) is 0 Å². The Morgan fingerprint density at radius 3 is 2.46 bits per heavy atom. The van der Waals surface area contributed by atoms with Crippen molar-refractivity contribution in [2.75, 3.05) is 47.1 Å². The Balaban J connectivity index is 1.87. The number of carbonyl (C=O) groups excluding carboxylic acids is 1. The number of carbonyl (C=O) groups is 1. The molecule has 1 aliphatic heterocycles. The highest BCUT2D eigenvalue weighted by Gasteiger charge is 2.72. The van der Waals surface area contributed by atoms with E-state index in [0.29, 0.717) is 26.0 Å². The zero-order valence-electron chi connectivity index (χ0n) is 22.8. The maximum absolute atomic E-state index is 14.9. The number of ether oxygens (including phenoxy) is 3. The molecule has 0 radical (unpaired) electrons. The van der Waals surface area contributed by atoms with E-state index in [9.17, 15) is 15.0 Å². The van der Waals surface area contributed by atoms with Crippen LogP contribution in [0.1, 0.15) is 60.3 Å². The maximum atomic E-state index is 14.9. The molecule has 1 saturated heterocycles. The first-order valence-electron chi connectivity index (χ1n) is 13.5. The van der Waals surface area contributed by atoms with Gasteiger partial charge in [0.1, 0.15) is 11.4 Å². The van der Waals surface area contributed by atoms with E-state index < -0.39 is 23.0 Å². The Bertz CT molecular complexity index is 837. The quantitative estimate of drug-likeness (QED) is 0.503. The number of hydrogen-bond acceptors (Lipinski definition) is 7. The molecule has 2 saturated carbocycles. The Morgan fingerprint density at radius 2 is 1.91 bits per heavy atom. The van der Waals surface area contributed by atoms with Gasteiger partial charge in [-0.05, 0) is 57.5 Å². The standard InChI is InChI=1S/C28H47NO6/c1-8-29(13-14-30)12-11-18-22-17(2)9-10-19(26(22,3)4)23(31)24-27(5,25(18)32)20(33-6)15-21-28(24,34-7)16-35-21/h18-21,23-24,30-31H,8-16H2,1-7H3/t18-,19+,20+,21-,23?,24?,27-,28+/m1/s1. The number of Topliss-reactive ketones (excluding diaryl/α,β-unsaturated/α-hetero) is 1. The van der Waals surface area contributed by atoms with Crippen molar-refractivity contribution in [1.29, 1.82) is 0 Å². The molecular weight excluding hydrogens is 446 g/mol. The normalized spacial score (nSPS) is 42.7. The van der Waals surface area contributed by atoms with Crippen LogP contribution in [0, 0.1) is 28.6 Å². The van der Waals surface area contributed by atoms with E-state index in [4.69, 9.17) is 14.2 Å². The first kappa shape index (κ1) is 27.2. The van der Waals surface area contributed by atoms with Crippen LogP contribution >= 0.6 is 0 Å². The molecule has 8 atom stereocenters. The van der Waals surface area contributed by atoms with Gasteiger partial charge in [-0.3, -0.25) is 4.79 Å². The second-order valence-electron chi connectivity index (χ2n) is 12.1. The van der Waals surface area contributed by atoms with Crippen LogP contribution in [0.2, 0.25) is 0 Å². The topological polar surface area (TPSA) is 88.5 Å². The number of hydrogen-bond donors (Lipinski definition) is 2. The minimum Gasteiger partial charge on any atom is -0.395 e. The van der Waals surface area contributed by atoms with Crippen LogP contribution in [0.5, 0.6) is 0 Å². The van der Waals surface area contributed by atoms with Crippen molar-refractivity contribution in [1.82, 2.24) is 4.90 Å². The zero-order chi connectivity index (χ0) is 25.8. The van der Waals surface area contributed by atoms with Crippen molar-refractivity contribution < 1.29 is 29.2 Å². The number of allylic oxidation sites excluding steroid dienone is 2. The van der Waals surface area contributed by atoms with E-state index in [1.807, 2.05) is 6.92 Å². The number of aliphatic hydroxyl groups is 2. The van der Waals surface area contributed by atoms with Crippen LogP contribution in [0.25, 0.3) is 0 Å². The highest BCUT2D eigenvalue weighted by Crippen LogP contribution is 2.63. The van der Waals surface area contributed by atoms with E-state index in [0.717, 1.165) is 25.9 Å². The van der Waals surface area contributed by atoms with Crippen molar-refractivity contribution in [3.8, 4) is 0 Å². The van der Waals surface area contributed by atoms with E-state index >= 15 is 0 Å². The summed E-state index contributed by atoms with van der Waals surface area (Å²) in [5, 5.41) is 21.7. The molecule has 4 aliphatic rings. The third-order valence-corrected chi connectivity index (χ3v) is 10.4. The minimum absolute atomic E-state index is 0.0183. The van der Waals surface area contributed by atoms with E-state index in [1.54, 1.807) is 14.2 Å². The predicted molar refractivity (Wildman–Crippen MR) is 134 cm³/mol. The monoisotopic (exact) mass is 493 g/mol. The number of aliphatic hydroxyl groups excluding tert-OH is 2. The molecule has 0 aromatic carbocycles. The maximum Gasteiger partial charge on any atom is 0.149 e. The molecule has 1 heterocycles. The van der Waals surface area contributed by atoms with Crippen molar-refractivity contribution >= 4 is 5.78 Å². The Hall–Kier alpha value is -0.830. The average molecular weight is 494 g/mol. The first-order chi connectivity index (χ1) is 16.5. The lowest BCUT2D eigenvalue weighted by molar-refractivity contribution is -0.342. The molecule has 7 nitrogen and oxygen atoms in total. The van der Waals surface area contributed by atoms with Crippen molar-refractivity contribution in [2.24, 2.45) is 28.6 Å². The minimum atomic E-state index is -0.902. The summed E-state index contributed by atoms with van der Waals surface area (Å²) in [7, 11) is 3.38. The summed E-state index contributed by atoms with van der Waals surface area (Å²) in [5.74, 6) is -0.483. The molecule has 3 aliphatic carbocycles. The lowest BCUT2D eigenvalue weighted by Crippen LogP contribution is -2.78. The molecular formula is C28H47NO6. The van der Waals surface area contributed by atoms with Crippen LogP contribution < -0.4 is 0 Å². The van der Waals surface area contributed by atoms with Gasteiger partial charge in [0.2, 0.25) is 0 Å². The third-order valence-electron chi connectivity index (χ3n) is 10.4. The molecule has 0 aromatic heterocycles. The fraction of sp³-hybridized carbons (Fsp3) is 0.893. The Morgan fingerprint density at radius 1 is 1.20 bits per heavy atom. The summed E-state index contributed by atoms with van der Waals surface area (Å²) in [6.45, 7) is 13.4. The summed E-state index contributed by atoms with van der Waals surface area (Å²) >= 11 is 0. The first-order valence-corrected chi connectivity index (χ1v) is 13.5. The number of ketones is 1. The molecule has 200 valence electrons. The molecule has 2 N–H and O–H groups in total. The highest BCUT2D eigenvalue weighted by atomic mass is 16.6. The van der Waals surface area contributed by atoms with E-state index in [-0.39, 0.29) is 41.8 Å². The number of methoxy groups -OCH3 is 2. The molecule has 0 spiro atoms. The van der Waals surface area contributed by atoms with Gasteiger partial charge in [-0.1, -0.05) is 31.9 Å². The zero-order valence-corrected chi connectivity index (χ0v) is 22.8. The number of nitrogens with zero attached hydrogens (tertiary/aromatic N) is 1. The van der Waals surface area contributed by atoms with Gasteiger partial charge in [0.25, 0.3) is 0 Å².